The number of carboxylic acids is 1. The van der Waals surface area contributed by atoms with E-state index in [1.807, 2.05) is 87.8 Å². The van der Waals surface area contributed by atoms with Crippen molar-refractivity contribution in [3.8, 4) is 21.7 Å². The van der Waals surface area contributed by atoms with Crippen LogP contribution in [0.2, 0.25) is 5.02 Å². The molecule has 0 unspecified atom stereocenters. The lowest BCUT2D eigenvalue weighted by Crippen LogP contribution is -2.28. The maximum Gasteiger partial charge on any atom is 0.337 e. The fraction of sp³-hybridized carbons (Fsp3) is 0.250. The van der Waals surface area contributed by atoms with Gasteiger partial charge < -0.3 is 14.4 Å². The molecule has 0 amide bonds. The topological polar surface area (TPSA) is 77.2 Å². The predicted octanol–water partition coefficient (Wildman–Crippen LogP) is 7.42. The van der Waals surface area contributed by atoms with Gasteiger partial charge in [0.05, 0.1) is 33.2 Å². The van der Waals surface area contributed by atoms with Crippen molar-refractivity contribution >= 4 is 50.2 Å². The summed E-state index contributed by atoms with van der Waals surface area (Å²) in [6, 6.07) is 15.5. The van der Waals surface area contributed by atoms with Crippen LogP contribution < -0.4 is 0 Å². The van der Waals surface area contributed by atoms with Gasteiger partial charge in [0.25, 0.3) is 0 Å². The van der Waals surface area contributed by atoms with Crippen LogP contribution >= 0.6 is 22.9 Å². The minimum Gasteiger partial charge on any atom is -0.479 e. The lowest BCUT2D eigenvalue weighted by Gasteiger charge is -2.28. The molecular weight excluding hydrogens is 494 g/mol. The molecule has 6 nitrogen and oxygen atoms in total. The minimum atomic E-state index is -1.14. The average molecular weight is 520 g/mol. The van der Waals surface area contributed by atoms with Gasteiger partial charge in [0.2, 0.25) is 0 Å². The number of ether oxygens (including phenoxy) is 1. The van der Waals surface area contributed by atoms with Gasteiger partial charge >= 0.3 is 5.97 Å². The van der Waals surface area contributed by atoms with E-state index < -0.39 is 17.7 Å². The van der Waals surface area contributed by atoms with Gasteiger partial charge in [-0.15, -0.1) is 11.3 Å². The van der Waals surface area contributed by atoms with E-state index in [0.29, 0.717) is 10.6 Å². The number of benzene rings is 3. The molecule has 8 heteroatoms. The summed E-state index contributed by atoms with van der Waals surface area (Å²) >= 11 is 7.72. The van der Waals surface area contributed by atoms with Crippen molar-refractivity contribution in [1.82, 2.24) is 14.5 Å². The van der Waals surface area contributed by atoms with Crippen molar-refractivity contribution in [2.45, 2.75) is 39.4 Å². The molecule has 0 fully saturated rings. The summed E-state index contributed by atoms with van der Waals surface area (Å²) in [5.74, 6) is -1.03. The molecule has 184 valence electrons. The van der Waals surface area contributed by atoms with Gasteiger partial charge in [0, 0.05) is 28.8 Å². The Bertz CT molecular complexity index is 1610. The fourth-order valence-electron chi connectivity index (χ4n) is 4.43. The Morgan fingerprint density at radius 1 is 1.08 bits per heavy atom. The highest BCUT2D eigenvalue weighted by atomic mass is 35.5. The maximum absolute atomic E-state index is 12.5. The monoisotopic (exact) mass is 519 g/mol. The van der Waals surface area contributed by atoms with Crippen LogP contribution in [0.3, 0.4) is 0 Å². The number of rotatable bonds is 5. The molecule has 0 bridgehead atoms. The molecule has 36 heavy (non-hydrogen) atoms. The van der Waals surface area contributed by atoms with Crippen molar-refractivity contribution in [2.75, 3.05) is 0 Å². The van der Waals surface area contributed by atoms with Gasteiger partial charge in [-0.25, -0.2) is 14.8 Å². The molecule has 5 rings (SSSR count). The van der Waals surface area contributed by atoms with Crippen LogP contribution in [0, 0.1) is 6.92 Å². The van der Waals surface area contributed by atoms with Gasteiger partial charge in [0.15, 0.2) is 6.10 Å². The summed E-state index contributed by atoms with van der Waals surface area (Å²) < 4.78 is 8.97. The van der Waals surface area contributed by atoms with Crippen molar-refractivity contribution < 1.29 is 14.6 Å². The molecule has 0 saturated heterocycles. The summed E-state index contributed by atoms with van der Waals surface area (Å²) in [4.78, 5) is 21.9. The van der Waals surface area contributed by atoms with Crippen molar-refractivity contribution in [3.63, 3.8) is 0 Å². The number of hydrogen-bond acceptors (Lipinski definition) is 5. The Morgan fingerprint density at radius 3 is 2.44 bits per heavy atom. The molecule has 0 aliphatic carbocycles. The molecule has 0 spiro atoms. The zero-order valence-electron chi connectivity index (χ0n) is 20.7. The lowest BCUT2D eigenvalue weighted by atomic mass is 9.91. The number of fused-ring (bicyclic) bond motifs is 2. The van der Waals surface area contributed by atoms with Crippen molar-refractivity contribution in [3.05, 3.63) is 71.0 Å². The van der Waals surface area contributed by atoms with Gasteiger partial charge in [0.1, 0.15) is 5.01 Å². The quantitative estimate of drug-likeness (QED) is 0.261. The Hall–Kier alpha value is -3.26. The SMILES string of the molecule is Cc1cc2nc(-c3ccc4c(c3)ncn4C)sc2c(-c2ccc(Cl)cc2)c1[C@H](OC(C)(C)C)C(=O)O. The number of imidazole rings is 1. The van der Waals surface area contributed by atoms with Gasteiger partial charge in [-0.1, -0.05) is 23.7 Å². The molecule has 1 N–H and O–H groups in total. The van der Waals surface area contributed by atoms with E-state index in [2.05, 4.69) is 4.98 Å². The van der Waals surface area contributed by atoms with Gasteiger partial charge in [-0.2, -0.15) is 0 Å². The number of aryl methyl sites for hydroxylation is 2. The minimum absolute atomic E-state index is 0.610. The molecule has 0 saturated carbocycles. The summed E-state index contributed by atoms with van der Waals surface area (Å²) in [5, 5.41) is 11.7. The van der Waals surface area contributed by atoms with E-state index in [9.17, 15) is 9.90 Å². The Balaban J connectivity index is 1.78. The van der Waals surface area contributed by atoms with E-state index in [1.165, 1.54) is 11.3 Å². The second-order valence-corrected chi connectivity index (χ2v) is 11.3. The molecule has 0 aliphatic heterocycles. The molecule has 0 aliphatic rings. The van der Waals surface area contributed by atoms with Crippen LogP contribution in [0.4, 0.5) is 0 Å². The van der Waals surface area contributed by atoms with E-state index in [-0.39, 0.29) is 0 Å². The smallest absolute Gasteiger partial charge is 0.337 e. The van der Waals surface area contributed by atoms with Crippen LogP contribution in [0.1, 0.15) is 38.0 Å². The number of nitrogens with zero attached hydrogens (tertiary/aromatic N) is 3. The molecular formula is C28H26ClN3O3S. The normalized spacial score (nSPS) is 12.9. The molecule has 0 radical (unpaired) electrons. The molecule has 1 atom stereocenters. The number of carbonyl (C=O) groups is 1. The van der Waals surface area contributed by atoms with Crippen molar-refractivity contribution in [1.29, 1.82) is 0 Å². The maximum atomic E-state index is 12.5. The zero-order valence-corrected chi connectivity index (χ0v) is 22.2. The first-order valence-corrected chi connectivity index (χ1v) is 12.7. The number of thiazole rings is 1. The molecule has 2 heterocycles. The largest absolute Gasteiger partial charge is 0.479 e. The van der Waals surface area contributed by atoms with Crippen LogP contribution in [0.15, 0.2) is 54.9 Å². The lowest BCUT2D eigenvalue weighted by molar-refractivity contribution is -0.160. The third kappa shape index (κ3) is 4.50. The van der Waals surface area contributed by atoms with Crippen molar-refractivity contribution in [2.24, 2.45) is 7.05 Å². The standard InChI is InChI=1S/C28H26ClN3O3S/c1-15-12-20-25(36-26(31-20)17-8-11-21-19(13-17)30-14-32(21)5)23(16-6-9-18(29)10-7-16)22(15)24(27(33)34)35-28(2,3)4/h6-14,24H,1-5H3,(H,33,34)/t24-/m0/s1. The molecule has 5 aromatic rings. The summed E-state index contributed by atoms with van der Waals surface area (Å²) in [5.41, 5.74) is 6.16. The molecule has 2 aromatic heterocycles. The highest BCUT2D eigenvalue weighted by molar-refractivity contribution is 7.22. The van der Waals surface area contributed by atoms with E-state index in [0.717, 1.165) is 48.5 Å². The fourth-order valence-corrected chi connectivity index (χ4v) is 5.68. The van der Waals surface area contributed by atoms with Gasteiger partial charge in [-0.05, 0) is 75.2 Å². The highest BCUT2D eigenvalue weighted by Gasteiger charge is 2.32. The number of hydrogen-bond donors (Lipinski definition) is 1. The second-order valence-electron chi connectivity index (χ2n) is 9.86. The summed E-state index contributed by atoms with van der Waals surface area (Å²) in [6.45, 7) is 7.49. The number of aliphatic carboxylic acids is 1. The van der Waals surface area contributed by atoms with E-state index in [4.69, 9.17) is 21.3 Å². The van der Waals surface area contributed by atoms with E-state index >= 15 is 0 Å². The highest BCUT2D eigenvalue weighted by Crippen LogP contribution is 2.44. The Kier molecular flexibility index (Phi) is 6.11. The summed E-state index contributed by atoms with van der Waals surface area (Å²) in [6.07, 6.45) is 0.651. The first kappa shape index (κ1) is 24.4. The third-order valence-electron chi connectivity index (χ3n) is 5.99. The van der Waals surface area contributed by atoms with Crippen LogP contribution in [0.5, 0.6) is 0 Å². The Morgan fingerprint density at radius 2 is 1.78 bits per heavy atom. The number of aromatic nitrogens is 3. The first-order chi connectivity index (χ1) is 17.0. The number of carboxylic acid groups (broad SMARTS) is 1. The van der Waals surface area contributed by atoms with Crippen LogP contribution in [-0.2, 0) is 16.6 Å². The van der Waals surface area contributed by atoms with E-state index in [1.54, 1.807) is 6.33 Å². The first-order valence-electron chi connectivity index (χ1n) is 11.5. The molecule has 3 aromatic carbocycles. The summed E-state index contributed by atoms with van der Waals surface area (Å²) in [7, 11) is 1.97. The van der Waals surface area contributed by atoms with Crippen LogP contribution in [-0.4, -0.2) is 31.2 Å². The predicted molar refractivity (Wildman–Crippen MR) is 146 cm³/mol. The zero-order chi connectivity index (χ0) is 25.8. The second kappa shape index (κ2) is 9.00. The average Bonchev–Trinajstić information content (AvgIpc) is 3.40. The van der Waals surface area contributed by atoms with Gasteiger partial charge in [-0.3, -0.25) is 0 Å². The van der Waals surface area contributed by atoms with Crippen LogP contribution in [0.25, 0.3) is 42.9 Å². The Labute approximate surface area is 218 Å². The third-order valence-corrected chi connectivity index (χ3v) is 7.38. The number of halogens is 1.